The molecular weight excluding hydrogens is 236 g/mol. The van der Waals surface area contributed by atoms with Gasteiger partial charge in [-0.1, -0.05) is 12.1 Å². The highest BCUT2D eigenvalue weighted by molar-refractivity contribution is 5.36. The molecule has 0 aliphatic carbocycles. The Kier molecular flexibility index (Phi) is 4.32. The molecule has 4 heteroatoms. The van der Waals surface area contributed by atoms with Crippen LogP contribution in [0, 0.1) is 20.8 Å². The Balaban J connectivity index is 1.86. The van der Waals surface area contributed by atoms with E-state index in [9.17, 15) is 0 Å². The standard InChI is InChI=1S/C15H22N4/c1-11-7-13(3)14(8-12(11)2)9-16-6-5-15-18-17-10-19(15)4/h7-8,10,16H,5-6,9H2,1-4H3. The lowest BCUT2D eigenvalue weighted by atomic mass is 10.0. The van der Waals surface area contributed by atoms with Crippen LogP contribution in [0.2, 0.25) is 0 Å². The van der Waals surface area contributed by atoms with Gasteiger partial charge in [0.15, 0.2) is 0 Å². The van der Waals surface area contributed by atoms with Gasteiger partial charge >= 0.3 is 0 Å². The van der Waals surface area contributed by atoms with Gasteiger partial charge in [-0.15, -0.1) is 10.2 Å². The molecule has 1 N–H and O–H groups in total. The SMILES string of the molecule is Cc1cc(C)c(CNCCc2nncn2C)cc1C. The van der Waals surface area contributed by atoms with Gasteiger partial charge in [0.1, 0.15) is 12.2 Å². The molecule has 4 nitrogen and oxygen atoms in total. The molecule has 0 fully saturated rings. The highest BCUT2D eigenvalue weighted by Crippen LogP contribution is 2.14. The summed E-state index contributed by atoms with van der Waals surface area (Å²) in [5.74, 6) is 1.02. The van der Waals surface area contributed by atoms with Crippen LogP contribution >= 0.6 is 0 Å². The van der Waals surface area contributed by atoms with Gasteiger partial charge in [0, 0.05) is 26.6 Å². The first-order chi connectivity index (χ1) is 9.08. The van der Waals surface area contributed by atoms with Crippen LogP contribution in [0.3, 0.4) is 0 Å². The maximum Gasteiger partial charge on any atom is 0.133 e. The number of benzene rings is 1. The second-order valence-electron chi connectivity index (χ2n) is 5.15. The molecule has 102 valence electrons. The minimum Gasteiger partial charge on any atom is -0.321 e. The second kappa shape index (κ2) is 5.97. The monoisotopic (exact) mass is 258 g/mol. The molecule has 1 aromatic carbocycles. The molecule has 0 spiro atoms. The Morgan fingerprint density at radius 2 is 1.84 bits per heavy atom. The third kappa shape index (κ3) is 3.41. The molecule has 1 heterocycles. The van der Waals surface area contributed by atoms with Crippen LogP contribution in [0.5, 0.6) is 0 Å². The summed E-state index contributed by atoms with van der Waals surface area (Å²) >= 11 is 0. The van der Waals surface area contributed by atoms with Crippen LogP contribution < -0.4 is 5.32 Å². The lowest BCUT2D eigenvalue weighted by Gasteiger charge is -2.11. The van der Waals surface area contributed by atoms with Crippen molar-refractivity contribution in [1.29, 1.82) is 0 Å². The van der Waals surface area contributed by atoms with Gasteiger partial charge in [0.25, 0.3) is 0 Å². The van der Waals surface area contributed by atoms with Gasteiger partial charge in [-0.25, -0.2) is 0 Å². The average molecular weight is 258 g/mol. The number of aryl methyl sites for hydroxylation is 4. The molecule has 0 atom stereocenters. The van der Waals surface area contributed by atoms with E-state index in [1.54, 1.807) is 6.33 Å². The van der Waals surface area contributed by atoms with Crippen LogP contribution in [0.1, 0.15) is 28.1 Å². The van der Waals surface area contributed by atoms with E-state index in [-0.39, 0.29) is 0 Å². The number of nitrogens with one attached hydrogen (secondary N) is 1. The van der Waals surface area contributed by atoms with E-state index in [0.717, 1.165) is 25.3 Å². The zero-order valence-corrected chi connectivity index (χ0v) is 12.2. The van der Waals surface area contributed by atoms with Gasteiger partial charge in [-0.05, 0) is 43.0 Å². The smallest absolute Gasteiger partial charge is 0.133 e. The van der Waals surface area contributed by atoms with E-state index in [1.165, 1.54) is 22.3 Å². The summed E-state index contributed by atoms with van der Waals surface area (Å²) in [6.07, 6.45) is 2.64. The molecule has 1 aromatic heterocycles. The molecule has 19 heavy (non-hydrogen) atoms. The summed E-state index contributed by atoms with van der Waals surface area (Å²) in [6.45, 7) is 8.32. The Hall–Kier alpha value is -1.68. The molecule has 0 saturated carbocycles. The summed E-state index contributed by atoms with van der Waals surface area (Å²) < 4.78 is 1.96. The maximum absolute atomic E-state index is 4.08. The van der Waals surface area contributed by atoms with Gasteiger partial charge in [0.05, 0.1) is 0 Å². The highest BCUT2D eigenvalue weighted by Gasteiger charge is 2.03. The molecule has 2 aromatic rings. The van der Waals surface area contributed by atoms with E-state index < -0.39 is 0 Å². The second-order valence-corrected chi connectivity index (χ2v) is 5.15. The molecular formula is C15H22N4. The van der Waals surface area contributed by atoms with Crippen molar-refractivity contribution in [3.05, 3.63) is 46.5 Å². The fraction of sp³-hybridized carbons (Fsp3) is 0.467. The van der Waals surface area contributed by atoms with Crippen LogP contribution in [-0.2, 0) is 20.0 Å². The molecule has 0 radical (unpaired) electrons. The zero-order valence-electron chi connectivity index (χ0n) is 12.2. The first-order valence-electron chi connectivity index (χ1n) is 6.68. The number of rotatable bonds is 5. The van der Waals surface area contributed by atoms with Crippen molar-refractivity contribution >= 4 is 0 Å². The van der Waals surface area contributed by atoms with E-state index in [2.05, 4.69) is 48.4 Å². The fourth-order valence-electron chi connectivity index (χ4n) is 2.17. The van der Waals surface area contributed by atoms with Crippen molar-refractivity contribution in [3.63, 3.8) is 0 Å². The molecule has 0 amide bonds. The molecule has 0 saturated heterocycles. The Morgan fingerprint density at radius 3 is 2.53 bits per heavy atom. The van der Waals surface area contributed by atoms with Gasteiger partial charge in [-0.2, -0.15) is 0 Å². The van der Waals surface area contributed by atoms with Gasteiger partial charge in [0.2, 0.25) is 0 Å². The highest BCUT2D eigenvalue weighted by atomic mass is 15.2. The van der Waals surface area contributed by atoms with E-state index in [4.69, 9.17) is 0 Å². The average Bonchev–Trinajstić information content (AvgIpc) is 2.77. The molecule has 2 rings (SSSR count). The minimum absolute atomic E-state index is 0.903. The summed E-state index contributed by atoms with van der Waals surface area (Å²) in [4.78, 5) is 0. The van der Waals surface area contributed by atoms with Crippen LogP contribution in [0.15, 0.2) is 18.5 Å². The van der Waals surface area contributed by atoms with Gasteiger partial charge in [-0.3, -0.25) is 0 Å². The molecule has 0 aliphatic rings. The van der Waals surface area contributed by atoms with Crippen LogP contribution in [0.4, 0.5) is 0 Å². The lowest BCUT2D eigenvalue weighted by molar-refractivity contribution is 0.652. The first kappa shape index (κ1) is 13.7. The third-order valence-electron chi connectivity index (χ3n) is 3.60. The van der Waals surface area contributed by atoms with Crippen molar-refractivity contribution in [1.82, 2.24) is 20.1 Å². The molecule has 0 bridgehead atoms. The number of nitrogens with zero attached hydrogens (tertiary/aromatic N) is 3. The van der Waals surface area contributed by atoms with E-state index in [1.807, 2.05) is 11.6 Å². The van der Waals surface area contributed by atoms with Crippen LogP contribution in [0.25, 0.3) is 0 Å². The van der Waals surface area contributed by atoms with Crippen molar-refractivity contribution in [3.8, 4) is 0 Å². The first-order valence-corrected chi connectivity index (χ1v) is 6.68. The predicted molar refractivity (Wildman–Crippen MR) is 77.1 cm³/mol. The largest absolute Gasteiger partial charge is 0.321 e. The van der Waals surface area contributed by atoms with Crippen molar-refractivity contribution in [2.24, 2.45) is 7.05 Å². The topological polar surface area (TPSA) is 42.7 Å². The van der Waals surface area contributed by atoms with Crippen molar-refractivity contribution in [2.75, 3.05) is 6.54 Å². The minimum atomic E-state index is 0.903. The van der Waals surface area contributed by atoms with E-state index >= 15 is 0 Å². The van der Waals surface area contributed by atoms with Crippen molar-refractivity contribution < 1.29 is 0 Å². The third-order valence-corrected chi connectivity index (χ3v) is 3.60. The summed E-state index contributed by atoms with van der Waals surface area (Å²) in [5, 5.41) is 11.4. The Labute approximate surface area is 114 Å². The van der Waals surface area contributed by atoms with Crippen LogP contribution in [-0.4, -0.2) is 21.3 Å². The number of aromatic nitrogens is 3. The summed E-state index contributed by atoms with van der Waals surface area (Å²) in [5.41, 5.74) is 5.45. The predicted octanol–water partition coefficient (Wildman–Crippen LogP) is 2.07. The molecule has 0 aliphatic heterocycles. The Bertz CT molecular complexity index is 557. The zero-order chi connectivity index (χ0) is 13.8. The lowest BCUT2D eigenvalue weighted by Crippen LogP contribution is -2.18. The Morgan fingerprint density at radius 1 is 1.11 bits per heavy atom. The normalized spacial score (nSPS) is 10.9. The number of hydrogen-bond donors (Lipinski definition) is 1. The fourth-order valence-corrected chi connectivity index (χ4v) is 2.17. The molecule has 0 unspecified atom stereocenters. The van der Waals surface area contributed by atoms with E-state index in [0.29, 0.717) is 0 Å². The van der Waals surface area contributed by atoms with Crippen molar-refractivity contribution in [2.45, 2.75) is 33.7 Å². The number of hydrogen-bond acceptors (Lipinski definition) is 3. The summed E-state index contributed by atoms with van der Waals surface area (Å²) in [7, 11) is 1.98. The van der Waals surface area contributed by atoms with Gasteiger partial charge < -0.3 is 9.88 Å². The quantitative estimate of drug-likeness (QED) is 0.835. The summed E-state index contributed by atoms with van der Waals surface area (Å²) in [6, 6.07) is 4.54. The maximum atomic E-state index is 4.08.